The van der Waals surface area contributed by atoms with Gasteiger partial charge in [-0.25, -0.2) is 0 Å². The van der Waals surface area contributed by atoms with E-state index in [9.17, 15) is 24.8 Å². The Bertz CT molecular complexity index is 1400. The fraction of sp³-hybridized carbons (Fsp3) is 0.355. The molecule has 3 aromatic carbocycles. The average molecular weight is 576 g/mol. The van der Waals surface area contributed by atoms with Crippen molar-refractivity contribution in [2.45, 2.75) is 44.9 Å². The molecule has 4 N–H and O–H groups in total. The first kappa shape index (κ1) is 30.5. The van der Waals surface area contributed by atoms with Crippen LogP contribution in [-0.4, -0.2) is 60.7 Å². The summed E-state index contributed by atoms with van der Waals surface area (Å²) in [4.78, 5) is 38.4. The molecular weight excluding hydrogens is 538 g/mol. The van der Waals surface area contributed by atoms with Crippen LogP contribution >= 0.6 is 0 Å². The second-order valence-corrected chi connectivity index (χ2v) is 10.2. The number of anilines is 2. The average Bonchev–Trinajstić information content (AvgIpc) is 3.42. The molecule has 0 radical (unpaired) electrons. The minimum Gasteiger partial charge on any atom is -0.490 e. The zero-order chi connectivity index (χ0) is 30.1. The molecule has 2 atom stereocenters. The molecule has 42 heavy (non-hydrogen) atoms. The quantitative estimate of drug-likeness (QED) is 0.168. The van der Waals surface area contributed by atoms with E-state index in [2.05, 4.69) is 16.0 Å². The van der Waals surface area contributed by atoms with Gasteiger partial charge in [-0.3, -0.25) is 19.7 Å². The lowest BCUT2D eigenvalue weighted by Gasteiger charge is -2.25. The van der Waals surface area contributed by atoms with Crippen LogP contribution in [0.25, 0.3) is 0 Å². The molecule has 0 unspecified atom stereocenters. The van der Waals surface area contributed by atoms with Crippen LogP contribution in [0.5, 0.6) is 5.75 Å². The Kier molecular flexibility index (Phi) is 10.5. The topological polar surface area (TPSA) is 146 Å². The molecule has 11 heteroatoms. The van der Waals surface area contributed by atoms with Gasteiger partial charge in [0.2, 0.25) is 5.91 Å². The summed E-state index contributed by atoms with van der Waals surface area (Å²) < 4.78 is 5.14. The van der Waals surface area contributed by atoms with Crippen molar-refractivity contribution in [3.05, 3.63) is 93.5 Å². The van der Waals surface area contributed by atoms with Crippen molar-refractivity contribution in [1.29, 1.82) is 0 Å². The monoisotopic (exact) mass is 575 g/mol. The van der Waals surface area contributed by atoms with Crippen molar-refractivity contribution in [2.75, 3.05) is 37.0 Å². The van der Waals surface area contributed by atoms with Gasteiger partial charge in [0.15, 0.2) is 5.75 Å². The van der Waals surface area contributed by atoms with Crippen LogP contribution in [0.1, 0.15) is 41.3 Å². The van der Waals surface area contributed by atoms with Gasteiger partial charge in [0.1, 0.15) is 0 Å². The molecular formula is C31H37N5O6. The lowest BCUT2D eigenvalue weighted by Crippen LogP contribution is -2.48. The molecule has 2 amide bonds. The van der Waals surface area contributed by atoms with Crippen molar-refractivity contribution >= 4 is 28.9 Å². The number of hydrogen-bond donors (Lipinski definition) is 4. The molecule has 3 aromatic rings. The highest BCUT2D eigenvalue weighted by Gasteiger charge is 2.26. The van der Waals surface area contributed by atoms with Crippen molar-refractivity contribution < 1.29 is 24.4 Å². The standard InChI is InChI=1S/C31H37N5O6/c1-3-33-24-16-23(17-25(18-24)35-13-7-10-30(35)38)31(39)34-26(14-21-8-5-4-6-9-21)28(37)20-32-19-22-11-12-27(36(40)41)29(15-22)42-2/h4-6,8-9,11-12,15-18,26,28,32-33,37H,3,7,10,13-14,19-20H2,1-2H3,(H,34,39)/t26-,28-/m0/s1. The van der Waals surface area contributed by atoms with E-state index in [1.54, 1.807) is 29.2 Å². The zero-order valence-electron chi connectivity index (χ0n) is 23.8. The van der Waals surface area contributed by atoms with Crippen molar-refractivity contribution in [3.8, 4) is 5.75 Å². The number of amides is 2. The lowest BCUT2D eigenvalue weighted by atomic mass is 10.00. The number of carbonyl (C=O) groups is 2. The van der Waals surface area contributed by atoms with E-state index < -0.39 is 17.1 Å². The minimum atomic E-state index is -0.953. The lowest BCUT2D eigenvalue weighted by molar-refractivity contribution is -0.385. The number of nitro benzene ring substituents is 1. The highest BCUT2D eigenvalue weighted by Crippen LogP contribution is 2.28. The Morgan fingerprint density at radius 2 is 1.90 bits per heavy atom. The number of hydrogen-bond acceptors (Lipinski definition) is 8. The Morgan fingerprint density at radius 3 is 2.57 bits per heavy atom. The summed E-state index contributed by atoms with van der Waals surface area (Å²) in [6.45, 7) is 3.70. The van der Waals surface area contributed by atoms with Crippen LogP contribution in [0.15, 0.2) is 66.7 Å². The van der Waals surface area contributed by atoms with Crippen molar-refractivity contribution in [2.24, 2.45) is 0 Å². The van der Waals surface area contributed by atoms with Crippen molar-refractivity contribution in [1.82, 2.24) is 10.6 Å². The second-order valence-electron chi connectivity index (χ2n) is 10.2. The number of nitrogens with zero attached hydrogens (tertiary/aromatic N) is 2. The second kappa shape index (κ2) is 14.4. The first-order valence-electron chi connectivity index (χ1n) is 14.0. The largest absolute Gasteiger partial charge is 0.490 e. The summed E-state index contributed by atoms with van der Waals surface area (Å²) in [5.41, 5.74) is 3.37. The Labute approximate surface area is 245 Å². The summed E-state index contributed by atoms with van der Waals surface area (Å²) in [5, 5.41) is 31.8. The third-order valence-electron chi connectivity index (χ3n) is 7.15. The van der Waals surface area contributed by atoms with Crippen LogP contribution in [0.2, 0.25) is 0 Å². The molecule has 1 aliphatic heterocycles. The summed E-state index contributed by atoms with van der Waals surface area (Å²) >= 11 is 0. The Morgan fingerprint density at radius 1 is 1.12 bits per heavy atom. The molecule has 1 heterocycles. The number of aliphatic hydroxyl groups is 1. The first-order valence-corrected chi connectivity index (χ1v) is 14.0. The van der Waals surface area contributed by atoms with Crippen LogP contribution in [0.3, 0.4) is 0 Å². The van der Waals surface area contributed by atoms with Gasteiger partial charge in [0, 0.05) is 55.6 Å². The number of methoxy groups -OCH3 is 1. The van der Waals surface area contributed by atoms with Gasteiger partial charge < -0.3 is 30.7 Å². The molecule has 1 aliphatic rings. The first-order chi connectivity index (χ1) is 20.3. The van der Waals surface area contributed by atoms with Gasteiger partial charge in [0.05, 0.1) is 24.2 Å². The predicted molar refractivity (Wildman–Crippen MR) is 161 cm³/mol. The van der Waals surface area contributed by atoms with Crippen molar-refractivity contribution in [3.63, 3.8) is 0 Å². The van der Waals surface area contributed by atoms with Gasteiger partial charge in [-0.2, -0.15) is 0 Å². The molecule has 0 spiro atoms. The van der Waals surface area contributed by atoms with Crippen LogP contribution < -0.4 is 25.6 Å². The normalized spacial score (nSPS) is 14.4. The van der Waals surface area contributed by atoms with Crippen LogP contribution in [0, 0.1) is 10.1 Å². The summed E-state index contributed by atoms with van der Waals surface area (Å²) in [6, 6.07) is 18.9. The molecule has 11 nitrogen and oxygen atoms in total. The Hall–Kier alpha value is -4.48. The maximum atomic E-state index is 13.6. The van der Waals surface area contributed by atoms with Gasteiger partial charge in [-0.1, -0.05) is 36.4 Å². The number of rotatable bonds is 14. The van der Waals surface area contributed by atoms with E-state index in [1.807, 2.05) is 43.3 Å². The molecule has 222 valence electrons. The third-order valence-corrected chi connectivity index (χ3v) is 7.15. The molecule has 0 aromatic heterocycles. The molecule has 1 saturated heterocycles. The van der Waals surface area contributed by atoms with E-state index in [0.29, 0.717) is 43.7 Å². The van der Waals surface area contributed by atoms with E-state index in [0.717, 1.165) is 23.2 Å². The number of aliphatic hydroxyl groups excluding tert-OH is 1. The summed E-state index contributed by atoms with van der Waals surface area (Å²) in [5.74, 6) is -0.171. The van der Waals surface area contributed by atoms with Crippen LogP contribution in [0.4, 0.5) is 17.1 Å². The zero-order valence-corrected chi connectivity index (χ0v) is 23.8. The number of ether oxygens (including phenoxy) is 1. The Balaban J connectivity index is 1.49. The van der Waals surface area contributed by atoms with Gasteiger partial charge in [-0.05, 0) is 55.2 Å². The van der Waals surface area contributed by atoms with Gasteiger partial charge in [-0.15, -0.1) is 0 Å². The third kappa shape index (κ3) is 7.83. The van der Waals surface area contributed by atoms with Crippen LogP contribution in [-0.2, 0) is 17.8 Å². The number of nitrogens with one attached hydrogen (secondary N) is 3. The van der Waals surface area contributed by atoms with E-state index >= 15 is 0 Å². The van der Waals surface area contributed by atoms with Gasteiger partial charge in [0.25, 0.3) is 5.91 Å². The molecule has 4 rings (SSSR count). The summed E-state index contributed by atoms with van der Waals surface area (Å²) in [7, 11) is 1.38. The summed E-state index contributed by atoms with van der Waals surface area (Å²) in [6.07, 6.45) is 0.700. The fourth-order valence-corrected chi connectivity index (χ4v) is 5.02. The molecule has 0 saturated carbocycles. The highest BCUT2D eigenvalue weighted by molar-refractivity contribution is 6.00. The van der Waals surface area contributed by atoms with E-state index in [4.69, 9.17) is 4.74 Å². The minimum absolute atomic E-state index is 0.0316. The van der Waals surface area contributed by atoms with E-state index in [-0.39, 0.29) is 29.8 Å². The number of benzene rings is 3. The molecule has 1 fully saturated rings. The number of carbonyl (C=O) groups excluding carboxylic acids is 2. The van der Waals surface area contributed by atoms with E-state index in [1.165, 1.54) is 13.2 Å². The molecule has 0 bridgehead atoms. The molecule has 0 aliphatic carbocycles. The maximum Gasteiger partial charge on any atom is 0.310 e. The van der Waals surface area contributed by atoms with Gasteiger partial charge >= 0.3 is 5.69 Å². The smallest absolute Gasteiger partial charge is 0.310 e. The SMILES string of the molecule is CCNc1cc(C(=O)N[C@@H](Cc2ccccc2)[C@@H](O)CNCc2ccc([N+](=O)[O-])c(OC)c2)cc(N2CCCC2=O)c1. The predicted octanol–water partition coefficient (Wildman–Crippen LogP) is 3.65. The number of nitro groups is 1. The fourth-order valence-electron chi connectivity index (χ4n) is 5.02. The highest BCUT2D eigenvalue weighted by atomic mass is 16.6. The maximum absolute atomic E-state index is 13.6.